The summed E-state index contributed by atoms with van der Waals surface area (Å²) in [5.41, 5.74) is -0.220. The number of ether oxygens (including phenoxy) is 1. The van der Waals surface area contributed by atoms with Gasteiger partial charge in [0.1, 0.15) is 6.61 Å². The van der Waals surface area contributed by atoms with E-state index in [-0.39, 0.29) is 18.8 Å². The number of rotatable bonds is 6. The predicted octanol–water partition coefficient (Wildman–Crippen LogP) is 1.64. The fraction of sp³-hybridized carbons (Fsp3) is 0.700. The van der Waals surface area contributed by atoms with E-state index in [0.29, 0.717) is 6.54 Å². The summed E-state index contributed by atoms with van der Waals surface area (Å²) in [7, 11) is 0. The Hall–Kier alpha value is -1.24. The number of aromatic nitrogens is 2. The fourth-order valence-corrected chi connectivity index (χ4v) is 1.39. The van der Waals surface area contributed by atoms with Gasteiger partial charge in [-0.3, -0.25) is 9.13 Å². The quantitative estimate of drug-likeness (QED) is 0.721. The lowest BCUT2D eigenvalue weighted by molar-refractivity contribution is -0.174. The Morgan fingerprint density at radius 1 is 1.24 bits per heavy atom. The number of hydrogen-bond acceptors (Lipinski definition) is 2. The van der Waals surface area contributed by atoms with Crippen molar-refractivity contribution in [3.8, 4) is 0 Å². The molecule has 0 aliphatic rings. The minimum atomic E-state index is -4.32. The van der Waals surface area contributed by atoms with Crippen molar-refractivity contribution in [2.75, 3.05) is 13.2 Å². The van der Waals surface area contributed by atoms with Crippen molar-refractivity contribution < 1.29 is 17.9 Å². The van der Waals surface area contributed by atoms with Crippen LogP contribution in [-0.2, 0) is 17.8 Å². The molecular formula is C10H15F3N2O2. The van der Waals surface area contributed by atoms with Gasteiger partial charge < -0.3 is 4.74 Å². The van der Waals surface area contributed by atoms with Crippen molar-refractivity contribution in [2.24, 2.45) is 0 Å². The summed E-state index contributed by atoms with van der Waals surface area (Å²) in [4.78, 5) is 11.6. The second kappa shape index (κ2) is 5.90. The molecule has 0 aromatic carbocycles. The highest BCUT2D eigenvalue weighted by Gasteiger charge is 2.27. The zero-order chi connectivity index (χ0) is 12.9. The van der Waals surface area contributed by atoms with Gasteiger partial charge in [0.2, 0.25) is 0 Å². The first kappa shape index (κ1) is 13.8. The maximum atomic E-state index is 11.8. The topological polar surface area (TPSA) is 36.2 Å². The molecule has 0 spiro atoms. The zero-order valence-corrected chi connectivity index (χ0v) is 9.54. The third-order valence-electron chi connectivity index (χ3n) is 2.12. The molecule has 1 rings (SSSR count). The Morgan fingerprint density at radius 3 is 2.35 bits per heavy atom. The molecule has 98 valence electrons. The van der Waals surface area contributed by atoms with Gasteiger partial charge in [0, 0.05) is 18.9 Å². The molecule has 4 nitrogen and oxygen atoms in total. The van der Waals surface area contributed by atoms with Crippen LogP contribution in [0.25, 0.3) is 0 Å². The standard InChI is InChI=1S/C10H15F3N2O2/c1-2-3-14-4-5-15(9(14)16)6-7-17-8-10(11,12)13/h4-5H,2-3,6-8H2,1H3. The number of hydrogen-bond donors (Lipinski definition) is 0. The van der Waals surface area contributed by atoms with Crippen molar-refractivity contribution in [3.05, 3.63) is 22.9 Å². The van der Waals surface area contributed by atoms with Crippen LogP contribution < -0.4 is 5.69 Å². The Bertz CT molecular complexity index is 395. The lowest BCUT2D eigenvalue weighted by atomic mass is 10.5. The molecule has 0 amide bonds. The summed E-state index contributed by atoms with van der Waals surface area (Å²) < 4.78 is 42.6. The molecule has 7 heteroatoms. The predicted molar refractivity (Wildman–Crippen MR) is 55.9 cm³/mol. The molecule has 0 fully saturated rings. The molecule has 17 heavy (non-hydrogen) atoms. The van der Waals surface area contributed by atoms with E-state index < -0.39 is 12.8 Å². The van der Waals surface area contributed by atoms with Gasteiger partial charge in [0.25, 0.3) is 0 Å². The van der Waals surface area contributed by atoms with E-state index in [2.05, 4.69) is 4.74 Å². The molecule has 0 bridgehead atoms. The molecule has 1 aromatic heterocycles. The SMILES string of the molecule is CCCn1ccn(CCOCC(F)(F)F)c1=O. The number of aryl methyl sites for hydroxylation is 1. The summed E-state index contributed by atoms with van der Waals surface area (Å²) in [6.45, 7) is 1.27. The van der Waals surface area contributed by atoms with Crippen LogP contribution in [0.15, 0.2) is 17.2 Å². The lowest BCUT2D eigenvalue weighted by Gasteiger charge is -2.07. The van der Waals surface area contributed by atoms with E-state index in [9.17, 15) is 18.0 Å². The number of imidazole rings is 1. The minimum absolute atomic E-state index is 0.129. The van der Waals surface area contributed by atoms with Gasteiger partial charge in [-0.1, -0.05) is 6.92 Å². The van der Waals surface area contributed by atoms with Crippen molar-refractivity contribution in [1.29, 1.82) is 0 Å². The number of halogens is 3. The monoisotopic (exact) mass is 252 g/mol. The van der Waals surface area contributed by atoms with Crippen LogP contribution in [0.1, 0.15) is 13.3 Å². The van der Waals surface area contributed by atoms with Crippen LogP contribution in [0.4, 0.5) is 13.2 Å². The highest BCUT2D eigenvalue weighted by Crippen LogP contribution is 2.14. The highest BCUT2D eigenvalue weighted by molar-refractivity contribution is 4.81. The molecule has 0 atom stereocenters. The van der Waals surface area contributed by atoms with Crippen molar-refractivity contribution in [1.82, 2.24) is 9.13 Å². The molecular weight excluding hydrogens is 237 g/mol. The molecule has 0 saturated carbocycles. The van der Waals surface area contributed by atoms with Gasteiger partial charge in [0.15, 0.2) is 0 Å². The number of nitrogens with zero attached hydrogens (tertiary/aromatic N) is 2. The third-order valence-corrected chi connectivity index (χ3v) is 2.12. The van der Waals surface area contributed by atoms with Crippen molar-refractivity contribution >= 4 is 0 Å². The minimum Gasteiger partial charge on any atom is -0.370 e. The summed E-state index contributed by atoms with van der Waals surface area (Å²) in [5, 5.41) is 0. The normalized spacial score (nSPS) is 12.0. The summed E-state index contributed by atoms with van der Waals surface area (Å²) in [6, 6.07) is 0. The van der Waals surface area contributed by atoms with Gasteiger partial charge in [-0.15, -0.1) is 0 Å². The van der Waals surface area contributed by atoms with Crippen LogP contribution in [0.2, 0.25) is 0 Å². The van der Waals surface area contributed by atoms with Crippen LogP contribution in [-0.4, -0.2) is 28.5 Å². The summed E-state index contributed by atoms with van der Waals surface area (Å²) >= 11 is 0. The summed E-state index contributed by atoms with van der Waals surface area (Å²) in [5.74, 6) is 0. The Labute approximate surface area is 96.6 Å². The molecule has 0 unspecified atom stereocenters. The molecule has 1 heterocycles. The lowest BCUT2D eigenvalue weighted by Crippen LogP contribution is -2.26. The second-order valence-electron chi connectivity index (χ2n) is 3.64. The zero-order valence-electron chi connectivity index (χ0n) is 9.54. The first-order chi connectivity index (χ1) is 7.94. The van der Waals surface area contributed by atoms with Crippen LogP contribution >= 0.6 is 0 Å². The maximum absolute atomic E-state index is 11.8. The van der Waals surface area contributed by atoms with Crippen LogP contribution in [0.3, 0.4) is 0 Å². The van der Waals surface area contributed by atoms with Gasteiger partial charge in [-0.2, -0.15) is 13.2 Å². The van der Waals surface area contributed by atoms with E-state index in [1.165, 1.54) is 9.13 Å². The average molecular weight is 252 g/mol. The van der Waals surface area contributed by atoms with E-state index in [1.54, 1.807) is 12.4 Å². The van der Waals surface area contributed by atoms with Gasteiger partial charge in [-0.25, -0.2) is 4.79 Å². The van der Waals surface area contributed by atoms with Crippen molar-refractivity contribution in [3.63, 3.8) is 0 Å². The van der Waals surface area contributed by atoms with Crippen molar-refractivity contribution in [2.45, 2.75) is 32.6 Å². The molecule has 0 saturated heterocycles. The van der Waals surface area contributed by atoms with Crippen LogP contribution in [0, 0.1) is 0 Å². The van der Waals surface area contributed by atoms with E-state index in [1.807, 2.05) is 6.92 Å². The average Bonchev–Trinajstić information content (AvgIpc) is 2.55. The van der Waals surface area contributed by atoms with E-state index in [4.69, 9.17) is 0 Å². The molecule has 0 radical (unpaired) electrons. The molecule has 1 aromatic rings. The van der Waals surface area contributed by atoms with E-state index >= 15 is 0 Å². The Kier molecular flexibility index (Phi) is 4.80. The molecule has 0 N–H and O–H groups in total. The molecule has 0 aliphatic heterocycles. The smallest absolute Gasteiger partial charge is 0.370 e. The number of alkyl halides is 3. The highest BCUT2D eigenvalue weighted by atomic mass is 19.4. The largest absolute Gasteiger partial charge is 0.411 e. The van der Waals surface area contributed by atoms with Gasteiger partial charge >= 0.3 is 11.9 Å². The third kappa shape index (κ3) is 4.64. The second-order valence-corrected chi connectivity index (χ2v) is 3.64. The summed E-state index contributed by atoms with van der Waals surface area (Å²) in [6.07, 6.45) is -0.321. The first-order valence-electron chi connectivity index (χ1n) is 5.34. The Balaban J connectivity index is 2.40. The first-order valence-corrected chi connectivity index (χ1v) is 5.34. The fourth-order valence-electron chi connectivity index (χ4n) is 1.39. The maximum Gasteiger partial charge on any atom is 0.411 e. The van der Waals surface area contributed by atoms with Gasteiger partial charge in [0.05, 0.1) is 13.2 Å². The van der Waals surface area contributed by atoms with Crippen LogP contribution in [0.5, 0.6) is 0 Å². The molecule has 0 aliphatic carbocycles. The van der Waals surface area contributed by atoms with Gasteiger partial charge in [-0.05, 0) is 6.42 Å². The van der Waals surface area contributed by atoms with E-state index in [0.717, 1.165) is 6.42 Å². The Morgan fingerprint density at radius 2 is 1.82 bits per heavy atom.